The summed E-state index contributed by atoms with van der Waals surface area (Å²) in [6.07, 6.45) is 0.923. The summed E-state index contributed by atoms with van der Waals surface area (Å²) in [6.45, 7) is 4.58. The number of ether oxygens (including phenoxy) is 1. The number of aromatic carboxylic acids is 1. The van der Waals surface area contributed by atoms with Crippen LogP contribution in [0.25, 0.3) is 0 Å². The number of piperidine rings is 1. The van der Waals surface area contributed by atoms with Crippen molar-refractivity contribution in [1.29, 1.82) is 0 Å². The largest absolute Gasteiger partial charge is 0.477 e. The van der Waals surface area contributed by atoms with Gasteiger partial charge in [0, 0.05) is 26.3 Å². The molecule has 1 aliphatic rings. The van der Waals surface area contributed by atoms with Crippen molar-refractivity contribution in [2.45, 2.75) is 38.8 Å². The SMILES string of the molecule is CCc1[nH]c(C(=O)N[C@H]2CCN(c3cc(C(=O)O)nc(C)n3)C[C@H]2OC)nc1Cl. The number of nitrogens with zero attached hydrogens (tertiary/aromatic N) is 4. The zero-order chi connectivity index (χ0) is 21.1. The highest BCUT2D eigenvalue weighted by atomic mass is 35.5. The Hall–Kier alpha value is -2.72. The number of rotatable bonds is 6. The molecule has 2 aromatic rings. The van der Waals surface area contributed by atoms with Gasteiger partial charge in [-0.05, 0) is 19.8 Å². The average Bonchev–Trinajstić information content (AvgIpc) is 3.08. The number of aryl methyl sites for hydroxylation is 2. The van der Waals surface area contributed by atoms with Crippen molar-refractivity contribution in [3.8, 4) is 0 Å². The van der Waals surface area contributed by atoms with Gasteiger partial charge in [-0.2, -0.15) is 0 Å². The second kappa shape index (κ2) is 8.75. The van der Waals surface area contributed by atoms with Crippen LogP contribution in [0, 0.1) is 6.92 Å². The molecule has 11 heteroatoms. The van der Waals surface area contributed by atoms with Gasteiger partial charge in [0.25, 0.3) is 5.91 Å². The molecule has 1 aliphatic heterocycles. The quantitative estimate of drug-likeness (QED) is 0.636. The van der Waals surface area contributed by atoms with Crippen LogP contribution in [-0.4, -0.2) is 69.3 Å². The Bertz CT molecular complexity index is 918. The van der Waals surface area contributed by atoms with Crippen molar-refractivity contribution in [1.82, 2.24) is 25.3 Å². The van der Waals surface area contributed by atoms with Crippen LogP contribution < -0.4 is 10.2 Å². The summed E-state index contributed by atoms with van der Waals surface area (Å²) in [5, 5.41) is 12.5. The number of carboxylic acid groups (broad SMARTS) is 1. The summed E-state index contributed by atoms with van der Waals surface area (Å²) < 4.78 is 5.58. The van der Waals surface area contributed by atoms with E-state index in [0.717, 1.165) is 0 Å². The number of aromatic nitrogens is 4. The normalized spacial score (nSPS) is 19.2. The maximum atomic E-state index is 12.6. The molecule has 0 saturated carbocycles. The van der Waals surface area contributed by atoms with E-state index < -0.39 is 5.97 Å². The summed E-state index contributed by atoms with van der Waals surface area (Å²) in [4.78, 5) is 41.0. The lowest BCUT2D eigenvalue weighted by Gasteiger charge is -2.38. The number of aromatic amines is 1. The molecule has 3 heterocycles. The molecule has 1 amide bonds. The van der Waals surface area contributed by atoms with Gasteiger partial charge in [-0.1, -0.05) is 18.5 Å². The molecular formula is C18H23ClN6O4. The third-order valence-electron chi connectivity index (χ3n) is 4.84. The number of anilines is 1. The Labute approximate surface area is 172 Å². The van der Waals surface area contributed by atoms with Gasteiger partial charge in [-0.3, -0.25) is 4.79 Å². The molecule has 0 bridgehead atoms. The number of carbonyl (C=O) groups excluding carboxylic acids is 1. The van der Waals surface area contributed by atoms with Crippen LogP contribution in [0.4, 0.5) is 5.82 Å². The number of hydrogen-bond donors (Lipinski definition) is 3. The Morgan fingerprint density at radius 1 is 1.41 bits per heavy atom. The molecule has 2 aromatic heterocycles. The Balaban J connectivity index is 1.71. The molecule has 156 valence electrons. The Kier molecular flexibility index (Phi) is 6.33. The molecule has 10 nitrogen and oxygen atoms in total. The number of methoxy groups -OCH3 is 1. The van der Waals surface area contributed by atoms with Gasteiger partial charge in [0.15, 0.2) is 16.7 Å². The fourth-order valence-electron chi connectivity index (χ4n) is 3.32. The minimum absolute atomic E-state index is 0.0571. The Morgan fingerprint density at radius 3 is 2.79 bits per heavy atom. The molecule has 0 radical (unpaired) electrons. The maximum absolute atomic E-state index is 12.6. The second-order valence-corrected chi connectivity index (χ2v) is 7.12. The van der Waals surface area contributed by atoms with E-state index in [1.54, 1.807) is 14.0 Å². The van der Waals surface area contributed by atoms with Gasteiger partial charge in [0.1, 0.15) is 11.6 Å². The molecule has 0 unspecified atom stereocenters. The number of imidazole rings is 1. The van der Waals surface area contributed by atoms with Crippen molar-refractivity contribution < 1.29 is 19.4 Å². The third kappa shape index (κ3) is 4.65. The second-order valence-electron chi connectivity index (χ2n) is 6.76. The number of nitrogens with one attached hydrogen (secondary N) is 2. The van der Waals surface area contributed by atoms with Crippen LogP contribution in [0.3, 0.4) is 0 Å². The average molecular weight is 423 g/mol. The molecule has 0 aromatic carbocycles. The molecule has 29 heavy (non-hydrogen) atoms. The summed E-state index contributed by atoms with van der Waals surface area (Å²) in [5.74, 6) is -0.386. The topological polar surface area (TPSA) is 133 Å². The molecule has 2 atom stereocenters. The lowest BCUT2D eigenvalue weighted by molar-refractivity contribution is 0.0536. The Morgan fingerprint density at radius 2 is 2.17 bits per heavy atom. The highest BCUT2D eigenvalue weighted by Gasteiger charge is 2.32. The highest BCUT2D eigenvalue weighted by Crippen LogP contribution is 2.21. The van der Waals surface area contributed by atoms with Crippen LogP contribution in [0.2, 0.25) is 5.15 Å². The highest BCUT2D eigenvalue weighted by molar-refractivity contribution is 6.30. The molecule has 1 saturated heterocycles. The van der Waals surface area contributed by atoms with Crippen molar-refractivity contribution in [3.63, 3.8) is 0 Å². The van der Waals surface area contributed by atoms with E-state index in [2.05, 4.69) is 25.3 Å². The summed E-state index contributed by atoms with van der Waals surface area (Å²) in [5.41, 5.74) is 0.654. The molecule has 3 N–H and O–H groups in total. The molecule has 0 aliphatic carbocycles. The minimum atomic E-state index is -1.11. The van der Waals surface area contributed by atoms with Gasteiger partial charge in [0.2, 0.25) is 0 Å². The lowest BCUT2D eigenvalue weighted by Crippen LogP contribution is -2.55. The summed E-state index contributed by atoms with van der Waals surface area (Å²) in [7, 11) is 1.57. The van der Waals surface area contributed by atoms with E-state index in [0.29, 0.717) is 48.4 Å². The molecule has 0 spiro atoms. The molecular weight excluding hydrogens is 400 g/mol. The van der Waals surface area contributed by atoms with Gasteiger partial charge >= 0.3 is 5.97 Å². The number of H-pyrrole nitrogens is 1. The predicted molar refractivity (Wildman–Crippen MR) is 106 cm³/mol. The standard InChI is InChI=1S/C18H23ClN6O4/c1-4-10-15(19)24-16(22-10)17(26)23-11-5-6-25(8-13(11)29-3)14-7-12(18(27)28)20-9(2)21-14/h7,11,13H,4-6,8H2,1-3H3,(H,22,24)(H,23,26)(H,27,28)/t11-,13+/m0/s1. The van der Waals surface area contributed by atoms with Crippen molar-refractivity contribution in [2.75, 3.05) is 25.1 Å². The van der Waals surface area contributed by atoms with Crippen LogP contribution >= 0.6 is 11.6 Å². The van der Waals surface area contributed by atoms with E-state index in [-0.39, 0.29) is 29.6 Å². The van der Waals surface area contributed by atoms with E-state index in [1.807, 2.05) is 11.8 Å². The smallest absolute Gasteiger partial charge is 0.354 e. The fraction of sp³-hybridized carbons (Fsp3) is 0.500. The van der Waals surface area contributed by atoms with Crippen molar-refractivity contribution in [2.24, 2.45) is 0 Å². The first-order valence-electron chi connectivity index (χ1n) is 9.24. The summed E-state index contributed by atoms with van der Waals surface area (Å²) in [6, 6.07) is 1.21. The molecule has 1 fully saturated rings. The first kappa shape index (κ1) is 21.0. The zero-order valence-corrected chi connectivity index (χ0v) is 17.2. The first-order chi connectivity index (χ1) is 13.8. The number of carboxylic acids is 1. The third-order valence-corrected chi connectivity index (χ3v) is 5.16. The lowest BCUT2D eigenvalue weighted by atomic mass is 10.0. The number of amides is 1. The summed E-state index contributed by atoms with van der Waals surface area (Å²) >= 11 is 6.01. The number of carbonyl (C=O) groups is 2. The van der Waals surface area contributed by atoms with Crippen LogP contribution in [0.15, 0.2) is 6.07 Å². The number of halogens is 1. The predicted octanol–water partition coefficient (Wildman–Crippen LogP) is 1.45. The maximum Gasteiger partial charge on any atom is 0.354 e. The van der Waals surface area contributed by atoms with Crippen LogP contribution in [0.5, 0.6) is 0 Å². The van der Waals surface area contributed by atoms with Gasteiger partial charge in [-0.15, -0.1) is 0 Å². The van der Waals surface area contributed by atoms with Gasteiger partial charge in [0.05, 0.1) is 17.8 Å². The van der Waals surface area contributed by atoms with Gasteiger partial charge < -0.3 is 25.0 Å². The van der Waals surface area contributed by atoms with Crippen LogP contribution in [0.1, 0.15) is 46.0 Å². The van der Waals surface area contributed by atoms with Crippen LogP contribution in [-0.2, 0) is 11.2 Å². The zero-order valence-electron chi connectivity index (χ0n) is 16.4. The van der Waals surface area contributed by atoms with Crippen molar-refractivity contribution in [3.05, 3.63) is 34.3 Å². The number of hydrogen-bond acceptors (Lipinski definition) is 7. The monoisotopic (exact) mass is 422 g/mol. The van der Waals surface area contributed by atoms with Gasteiger partial charge in [-0.25, -0.2) is 19.7 Å². The van der Waals surface area contributed by atoms with E-state index in [1.165, 1.54) is 6.07 Å². The van der Waals surface area contributed by atoms with E-state index in [4.69, 9.17) is 16.3 Å². The minimum Gasteiger partial charge on any atom is -0.477 e. The molecule has 3 rings (SSSR count). The van der Waals surface area contributed by atoms with E-state index in [9.17, 15) is 14.7 Å². The fourth-order valence-corrected chi connectivity index (χ4v) is 3.58. The van der Waals surface area contributed by atoms with E-state index >= 15 is 0 Å². The first-order valence-corrected chi connectivity index (χ1v) is 9.62. The van der Waals surface area contributed by atoms with Crippen molar-refractivity contribution >= 4 is 29.3 Å².